The minimum Gasteiger partial charge on any atom is -0.494 e. The summed E-state index contributed by atoms with van der Waals surface area (Å²) in [5.74, 6) is 0.608. The van der Waals surface area contributed by atoms with Gasteiger partial charge in [-0.05, 0) is 38.2 Å². The molecule has 0 saturated heterocycles. The molecule has 0 aliphatic rings. The molecule has 2 aromatic carbocycles. The van der Waals surface area contributed by atoms with E-state index in [1.165, 1.54) is 0 Å². The Morgan fingerprint density at radius 3 is 2.58 bits per heavy atom. The van der Waals surface area contributed by atoms with Crippen LogP contribution in [-0.4, -0.2) is 38.1 Å². The van der Waals surface area contributed by atoms with E-state index < -0.39 is 0 Å². The average Bonchev–Trinajstić information content (AvgIpc) is 2.62. The average molecular weight is 323 g/mol. The summed E-state index contributed by atoms with van der Waals surface area (Å²) < 4.78 is 5.40. The third-order valence-corrected chi connectivity index (χ3v) is 3.99. The molecule has 1 amide bonds. The van der Waals surface area contributed by atoms with Crippen LogP contribution in [0.25, 0.3) is 21.8 Å². The topological polar surface area (TPSA) is 63.2 Å². The Bertz CT molecular complexity index is 877. The van der Waals surface area contributed by atoms with Gasteiger partial charge in [-0.25, -0.2) is 4.98 Å². The Labute approximate surface area is 141 Å². The maximum atomic E-state index is 12.5. The van der Waals surface area contributed by atoms with Gasteiger partial charge in [0.1, 0.15) is 11.3 Å². The molecule has 3 aromatic rings. The number of hydrogen-bond acceptors (Lipinski definition) is 4. The summed E-state index contributed by atoms with van der Waals surface area (Å²) in [7, 11) is 3.52. The summed E-state index contributed by atoms with van der Waals surface area (Å²) in [6.07, 6.45) is 0.886. The Morgan fingerprint density at radius 2 is 1.83 bits per heavy atom. The number of carbonyl (C=O) groups is 1. The van der Waals surface area contributed by atoms with Crippen molar-refractivity contribution in [1.82, 2.24) is 15.6 Å². The van der Waals surface area contributed by atoms with Gasteiger partial charge in [0.25, 0.3) is 5.91 Å². The first kappa shape index (κ1) is 16.2. The molecule has 0 unspecified atom stereocenters. The Morgan fingerprint density at radius 1 is 1.08 bits per heavy atom. The SMILES string of the molecule is CNCCCNC(=O)c1cccc2cc3cccc(OC)c3nc12. The number of aromatic nitrogens is 1. The number of fused-ring (bicyclic) bond motifs is 2. The highest BCUT2D eigenvalue weighted by atomic mass is 16.5. The number of pyridine rings is 1. The first-order chi connectivity index (χ1) is 11.7. The number of ether oxygens (including phenoxy) is 1. The summed E-state index contributed by atoms with van der Waals surface area (Å²) in [5, 5.41) is 7.96. The molecule has 124 valence electrons. The van der Waals surface area contributed by atoms with Crippen LogP contribution in [0.3, 0.4) is 0 Å². The molecular formula is C19H21N3O2. The molecule has 0 aliphatic carbocycles. The summed E-state index contributed by atoms with van der Waals surface area (Å²) in [6.45, 7) is 1.50. The highest BCUT2D eigenvalue weighted by Crippen LogP contribution is 2.28. The van der Waals surface area contributed by atoms with Crippen LogP contribution in [0.2, 0.25) is 0 Å². The minimum atomic E-state index is -0.0987. The number of nitrogens with one attached hydrogen (secondary N) is 2. The fourth-order valence-electron chi connectivity index (χ4n) is 2.77. The lowest BCUT2D eigenvalue weighted by molar-refractivity contribution is 0.0955. The molecule has 0 spiro atoms. The van der Waals surface area contributed by atoms with Crippen molar-refractivity contribution in [3.63, 3.8) is 0 Å². The number of carbonyl (C=O) groups excluding carboxylic acids is 1. The van der Waals surface area contributed by atoms with Crippen LogP contribution in [0.4, 0.5) is 0 Å². The molecule has 5 heteroatoms. The number of benzene rings is 2. The normalized spacial score (nSPS) is 10.9. The van der Waals surface area contributed by atoms with Crippen molar-refractivity contribution in [3.8, 4) is 5.75 Å². The van der Waals surface area contributed by atoms with Gasteiger partial charge in [-0.15, -0.1) is 0 Å². The van der Waals surface area contributed by atoms with Crippen molar-refractivity contribution >= 4 is 27.7 Å². The third-order valence-electron chi connectivity index (χ3n) is 3.99. The second-order valence-corrected chi connectivity index (χ2v) is 5.61. The number of rotatable bonds is 6. The molecule has 0 radical (unpaired) electrons. The van der Waals surface area contributed by atoms with E-state index in [1.54, 1.807) is 7.11 Å². The van der Waals surface area contributed by atoms with Gasteiger partial charge in [0.05, 0.1) is 18.2 Å². The van der Waals surface area contributed by atoms with Gasteiger partial charge in [-0.1, -0.05) is 24.3 Å². The molecule has 0 fully saturated rings. The summed E-state index contributed by atoms with van der Waals surface area (Å²) in [6, 6.07) is 13.5. The highest BCUT2D eigenvalue weighted by Gasteiger charge is 2.13. The molecule has 2 N–H and O–H groups in total. The van der Waals surface area contributed by atoms with Crippen molar-refractivity contribution in [1.29, 1.82) is 0 Å². The zero-order chi connectivity index (χ0) is 16.9. The molecule has 1 heterocycles. The molecule has 1 aromatic heterocycles. The highest BCUT2D eigenvalue weighted by molar-refractivity contribution is 6.08. The Balaban J connectivity index is 2.02. The van der Waals surface area contributed by atoms with E-state index in [-0.39, 0.29) is 5.91 Å². The van der Waals surface area contributed by atoms with Gasteiger partial charge in [-0.2, -0.15) is 0 Å². The number of nitrogens with zero attached hydrogens (tertiary/aromatic N) is 1. The Kier molecular flexibility index (Phi) is 4.91. The van der Waals surface area contributed by atoms with Gasteiger partial charge in [0.2, 0.25) is 0 Å². The predicted molar refractivity (Wildman–Crippen MR) is 96.7 cm³/mol. The molecule has 0 saturated carbocycles. The maximum Gasteiger partial charge on any atom is 0.253 e. The third kappa shape index (κ3) is 3.16. The molecule has 0 atom stereocenters. The van der Waals surface area contributed by atoms with E-state index >= 15 is 0 Å². The second-order valence-electron chi connectivity index (χ2n) is 5.61. The molecule has 0 aliphatic heterocycles. The lowest BCUT2D eigenvalue weighted by Gasteiger charge is -2.10. The Hall–Kier alpha value is -2.66. The van der Waals surface area contributed by atoms with E-state index in [2.05, 4.69) is 10.6 Å². The number of methoxy groups -OCH3 is 1. The molecular weight excluding hydrogens is 302 g/mol. The quantitative estimate of drug-likeness (QED) is 0.541. The summed E-state index contributed by atoms with van der Waals surface area (Å²) in [5.41, 5.74) is 2.05. The van der Waals surface area contributed by atoms with E-state index in [4.69, 9.17) is 9.72 Å². The lowest BCUT2D eigenvalue weighted by Crippen LogP contribution is -2.26. The lowest BCUT2D eigenvalue weighted by atomic mass is 10.1. The summed E-state index contributed by atoms with van der Waals surface area (Å²) in [4.78, 5) is 17.2. The van der Waals surface area contributed by atoms with Crippen molar-refractivity contribution < 1.29 is 9.53 Å². The van der Waals surface area contributed by atoms with Gasteiger partial charge < -0.3 is 15.4 Å². The molecule has 24 heavy (non-hydrogen) atoms. The van der Waals surface area contributed by atoms with E-state index in [0.717, 1.165) is 29.3 Å². The van der Waals surface area contributed by atoms with Gasteiger partial charge in [0.15, 0.2) is 0 Å². The fraction of sp³-hybridized carbons (Fsp3) is 0.263. The predicted octanol–water partition coefficient (Wildman–Crippen LogP) is 2.74. The van der Waals surface area contributed by atoms with E-state index in [1.807, 2.05) is 49.5 Å². The largest absolute Gasteiger partial charge is 0.494 e. The first-order valence-electron chi connectivity index (χ1n) is 8.04. The van der Waals surface area contributed by atoms with Crippen molar-refractivity contribution in [3.05, 3.63) is 48.0 Å². The first-order valence-corrected chi connectivity index (χ1v) is 8.04. The van der Waals surface area contributed by atoms with Gasteiger partial charge >= 0.3 is 0 Å². The zero-order valence-electron chi connectivity index (χ0n) is 13.9. The molecule has 0 bridgehead atoms. The van der Waals surface area contributed by atoms with Crippen LogP contribution in [0.15, 0.2) is 42.5 Å². The smallest absolute Gasteiger partial charge is 0.253 e. The second kappa shape index (κ2) is 7.27. The van der Waals surface area contributed by atoms with Crippen molar-refractivity contribution in [2.75, 3.05) is 27.2 Å². The van der Waals surface area contributed by atoms with Gasteiger partial charge in [0, 0.05) is 17.3 Å². The van der Waals surface area contributed by atoms with E-state index in [0.29, 0.717) is 23.4 Å². The van der Waals surface area contributed by atoms with Crippen LogP contribution in [-0.2, 0) is 0 Å². The zero-order valence-corrected chi connectivity index (χ0v) is 13.9. The monoisotopic (exact) mass is 323 g/mol. The number of hydrogen-bond donors (Lipinski definition) is 2. The summed E-state index contributed by atoms with van der Waals surface area (Å²) >= 11 is 0. The van der Waals surface area contributed by atoms with Crippen molar-refractivity contribution in [2.45, 2.75) is 6.42 Å². The maximum absolute atomic E-state index is 12.5. The van der Waals surface area contributed by atoms with Crippen molar-refractivity contribution in [2.24, 2.45) is 0 Å². The number of amides is 1. The van der Waals surface area contributed by atoms with Crippen LogP contribution in [0.5, 0.6) is 5.75 Å². The van der Waals surface area contributed by atoms with E-state index in [9.17, 15) is 4.79 Å². The van der Waals surface area contributed by atoms with Crippen LogP contribution < -0.4 is 15.4 Å². The van der Waals surface area contributed by atoms with Gasteiger partial charge in [-0.3, -0.25) is 4.79 Å². The molecule has 5 nitrogen and oxygen atoms in total. The van der Waals surface area contributed by atoms with Crippen LogP contribution in [0, 0.1) is 0 Å². The molecule has 3 rings (SSSR count). The standard InChI is InChI=1S/C19H21N3O2/c1-20-10-5-11-21-19(23)15-8-3-6-13-12-14-7-4-9-16(24-2)18(14)22-17(13)15/h3-4,6-9,12,20H,5,10-11H2,1-2H3,(H,21,23). The minimum absolute atomic E-state index is 0.0987. The number of para-hydroxylation sites is 2. The van der Waals surface area contributed by atoms with Crippen LogP contribution in [0.1, 0.15) is 16.8 Å². The van der Waals surface area contributed by atoms with Crippen LogP contribution >= 0.6 is 0 Å². The fourth-order valence-corrected chi connectivity index (χ4v) is 2.77.